The smallest absolute Gasteiger partial charge is 0.312 e. The van der Waals surface area contributed by atoms with Crippen LogP contribution in [-0.4, -0.2) is 30.6 Å². The van der Waals surface area contributed by atoms with Crippen LogP contribution in [0.5, 0.6) is 0 Å². The number of hydrogen-bond donors (Lipinski definition) is 3. The van der Waals surface area contributed by atoms with Crippen molar-refractivity contribution >= 4 is 29.5 Å². The lowest BCUT2D eigenvalue weighted by Crippen LogP contribution is -2.38. The SMILES string of the molecule is CCCNC(=O)[C@@H](C)OC(=O)C[C@H](NC(N)=O)c1ccc(Cl)cc1. The number of esters is 1. The third kappa shape index (κ3) is 6.87. The first-order chi connectivity index (χ1) is 11.3. The Hall–Kier alpha value is -2.28. The van der Waals surface area contributed by atoms with E-state index in [-0.39, 0.29) is 12.3 Å². The molecule has 2 atom stereocenters. The van der Waals surface area contributed by atoms with E-state index in [0.717, 1.165) is 6.42 Å². The zero-order chi connectivity index (χ0) is 18.1. The van der Waals surface area contributed by atoms with E-state index in [0.29, 0.717) is 17.1 Å². The molecule has 1 rings (SSSR count). The molecule has 8 heteroatoms. The summed E-state index contributed by atoms with van der Waals surface area (Å²) in [4.78, 5) is 34.9. The zero-order valence-electron chi connectivity index (χ0n) is 13.7. The molecule has 0 spiro atoms. The van der Waals surface area contributed by atoms with Gasteiger partial charge in [0.15, 0.2) is 6.10 Å². The molecular weight excluding hydrogens is 334 g/mol. The van der Waals surface area contributed by atoms with Gasteiger partial charge in [-0.15, -0.1) is 0 Å². The molecule has 0 saturated carbocycles. The minimum absolute atomic E-state index is 0.157. The summed E-state index contributed by atoms with van der Waals surface area (Å²) in [5, 5.41) is 5.65. The topological polar surface area (TPSA) is 111 Å². The van der Waals surface area contributed by atoms with Crippen molar-refractivity contribution in [1.82, 2.24) is 10.6 Å². The van der Waals surface area contributed by atoms with Gasteiger partial charge in [0.25, 0.3) is 5.91 Å². The molecule has 0 unspecified atom stereocenters. The minimum Gasteiger partial charge on any atom is -0.452 e. The van der Waals surface area contributed by atoms with Crippen LogP contribution in [0.1, 0.15) is 38.3 Å². The van der Waals surface area contributed by atoms with Crippen molar-refractivity contribution < 1.29 is 19.1 Å². The monoisotopic (exact) mass is 355 g/mol. The molecular formula is C16H22ClN3O4. The lowest BCUT2D eigenvalue weighted by Gasteiger charge is -2.19. The largest absolute Gasteiger partial charge is 0.452 e. The summed E-state index contributed by atoms with van der Waals surface area (Å²) in [7, 11) is 0. The molecule has 0 aliphatic carbocycles. The van der Waals surface area contributed by atoms with Crippen LogP contribution in [0.2, 0.25) is 5.02 Å². The Kier molecular flexibility index (Phi) is 8.05. The number of carbonyl (C=O) groups is 3. The number of benzene rings is 1. The van der Waals surface area contributed by atoms with Crippen LogP contribution in [0.15, 0.2) is 24.3 Å². The van der Waals surface area contributed by atoms with E-state index in [4.69, 9.17) is 22.1 Å². The van der Waals surface area contributed by atoms with E-state index in [1.54, 1.807) is 24.3 Å². The summed E-state index contributed by atoms with van der Waals surface area (Å²) < 4.78 is 5.10. The Labute approximate surface area is 145 Å². The lowest BCUT2D eigenvalue weighted by atomic mass is 10.0. The first-order valence-electron chi connectivity index (χ1n) is 7.62. The summed E-state index contributed by atoms with van der Waals surface area (Å²) in [6.45, 7) is 3.92. The van der Waals surface area contributed by atoms with Gasteiger partial charge in [0.1, 0.15) is 0 Å². The van der Waals surface area contributed by atoms with Crippen LogP contribution in [0, 0.1) is 0 Å². The summed E-state index contributed by atoms with van der Waals surface area (Å²) in [6.07, 6.45) is -0.285. The molecule has 0 heterocycles. The summed E-state index contributed by atoms with van der Waals surface area (Å²) in [6, 6.07) is 5.19. The fourth-order valence-corrected chi connectivity index (χ4v) is 2.10. The molecule has 0 fully saturated rings. The van der Waals surface area contributed by atoms with Gasteiger partial charge in [0.05, 0.1) is 12.5 Å². The summed E-state index contributed by atoms with van der Waals surface area (Å²) in [5.74, 6) is -0.987. The van der Waals surface area contributed by atoms with Crippen LogP contribution in [0.25, 0.3) is 0 Å². The van der Waals surface area contributed by atoms with E-state index < -0.39 is 24.1 Å². The van der Waals surface area contributed by atoms with E-state index in [2.05, 4.69) is 10.6 Å². The molecule has 0 aliphatic heterocycles. The van der Waals surface area contributed by atoms with Crippen LogP contribution in [-0.2, 0) is 14.3 Å². The molecule has 0 aliphatic rings. The average molecular weight is 356 g/mol. The number of ether oxygens (including phenoxy) is 1. The molecule has 1 aromatic rings. The third-order valence-electron chi connectivity index (χ3n) is 3.19. The predicted molar refractivity (Wildman–Crippen MR) is 90.4 cm³/mol. The number of carbonyl (C=O) groups excluding carboxylic acids is 3. The van der Waals surface area contributed by atoms with Gasteiger partial charge in [0, 0.05) is 11.6 Å². The summed E-state index contributed by atoms with van der Waals surface area (Å²) >= 11 is 5.83. The molecule has 0 radical (unpaired) electrons. The highest BCUT2D eigenvalue weighted by molar-refractivity contribution is 6.30. The maximum absolute atomic E-state index is 12.0. The van der Waals surface area contributed by atoms with Crippen molar-refractivity contribution in [2.75, 3.05) is 6.54 Å². The number of primary amides is 1. The molecule has 1 aromatic carbocycles. The number of hydrogen-bond acceptors (Lipinski definition) is 4. The number of nitrogens with one attached hydrogen (secondary N) is 2. The third-order valence-corrected chi connectivity index (χ3v) is 3.44. The fourth-order valence-electron chi connectivity index (χ4n) is 1.98. The molecule has 4 N–H and O–H groups in total. The zero-order valence-corrected chi connectivity index (χ0v) is 14.4. The van der Waals surface area contributed by atoms with Crippen molar-refractivity contribution in [3.8, 4) is 0 Å². The van der Waals surface area contributed by atoms with Crippen LogP contribution < -0.4 is 16.4 Å². The van der Waals surface area contributed by atoms with Gasteiger partial charge < -0.3 is 21.1 Å². The maximum Gasteiger partial charge on any atom is 0.312 e. The molecule has 0 saturated heterocycles. The van der Waals surface area contributed by atoms with E-state index in [1.165, 1.54) is 6.92 Å². The standard InChI is InChI=1S/C16H22ClN3O4/c1-3-8-19-15(22)10(2)24-14(21)9-13(20-16(18)23)11-4-6-12(17)7-5-11/h4-7,10,13H,3,8-9H2,1-2H3,(H,19,22)(H3,18,20,23)/t10-,13+/m1/s1. The molecule has 24 heavy (non-hydrogen) atoms. The quantitative estimate of drug-likeness (QED) is 0.618. The Balaban J connectivity index is 2.69. The van der Waals surface area contributed by atoms with Gasteiger partial charge in [-0.25, -0.2) is 4.79 Å². The van der Waals surface area contributed by atoms with Crippen LogP contribution in [0.4, 0.5) is 4.79 Å². The molecule has 0 aromatic heterocycles. The molecule has 0 bridgehead atoms. The second-order valence-electron chi connectivity index (χ2n) is 5.24. The number of urea groups is 1. The van der Waals surface area contributed by atoms with Crippen LogP contribution in [0.3, 0.4) is 0 Å². The normalized spacial score (nSPS) is 12.8. The predicted octanol–water partition coefficient (Wildman–Crippen LogP) is 1.90. The Morgan fingerprint density at radius 3 is 2.42 bits per heavy atom. The van der Waals surface area contributed by atoms with Crippen LogP contribution >= 0.6 is 11.6 Å². The average Bonchev–Trinajstić information content (AvgIpc) is 2.52. The second-order valence-corrected chi connectivity index (χ2v) is 5.68. The van der Waals surface area contributed by atoms with E-state index in [9.17, 15) is 14.4 Å². The van der Waals surface area contributed by atoms with Crippen molar-refractivity contribution in [1.29, 1.82) is 0 Å². The van der Waals surface area contributed by atoms with E-state index >= 15 is 0 Å². The van der Waals surface area contributed by atoms with Crippen molar-refractivity contribution in [3.63, 3.8) is 0 Å². The Morgan fingerprint density at radius 2 is 1.88 bits per heavy atom. The highest BCUT2D eigenvalue weighted by Crippen LogP contribution is 2.20. The number of rotatable bonds is 8. The van der Waals surface area contributed by atoms with Gasteiger partial charge in [-0.2, -0.15) is 0 Å². The number of amides is 3. The lowest BCUT2D eigenvalue weighted by molar-refractivity contribution is -0.155. The summed E-state index contributed by atoms with van der Waals surface area (Å²) in [5.41, 5.74) is 5.80. The van der Waals surface area contributed by atoms with Gasteiger partial charge in [-0.1, -0.05) is 30.7 Å². The highest BCUT2D eigenvalue weighted by atomic mass is 35.5. The minimum atomic E-state index is -0.913. The second kappa shape index (κ2) is 9.77. The van der Waals surface area contributed by atoms with Crippen molar-refractivity contribution in [3.05, 3.63) is 34.9 Å². The highest BCUT2D eigenvalue weighted by Gasteiger charge is 2.22. The maximum atomic E-state index is 12.0. The first kappa shape index (κ1) is 19.8. The molecule has 7 nitrogen and oxygen atoms in total. The van der Waals surface area contributed by atoms with Gasteiger partial charge in [0.2, 0.25) is 0 Å². The first-order valence-corrected chi connectivity index (χ1v) is 8.00. The van der Waals surface area contributed by atoms with Crippen molar-refractivity contribution in [2.45, 2.75) is 38.8 Å². The van der Waals surface area contributed by atoms with Gasteiger partial charge in [-0.05, 0) is 31.0 Å². The molecule has 132 valence electrons. The number of nitrogens with two attached hydrogens (primary N) is 1. The van der Waals surface area contributed by atoms with Crippen molar-refractivity contribution in [2.24, 2.45) is 5.73 Å². The van der Waals surface area contributed by atoms with E-state index in [1.807, 2.05) is 6.92 Å². The fraction of sp³-hybridized carbons (Fsp3) is 0.438. The van der Waals surface area contributed by atoms with Gasteiger partial charge >= 0.3 is 12.0 Å². The Morgan fingerprint density at radius 1 is 1.25 bits per heavy atom. The molecule has 3 amide bonds. The Bertz CT molecular complexity index is 577. The van der Waals surface area contributed by atoms with Gasteiger partial charge in [-0.3, -0.25) is 9.59 Å². The number of halogens is 1.